The Labute approximate surface area is 124 Å². The Morgan fingerprint density at radius 3 is 2.86 bits per heavy atom. The van der Waals surface area contributed by atoms with Gasteiger partial charge in [0, 0.05) is 6.20 Å². The van der Waals surface area contributed by atoms with Gasteiger partial charge in [0.15, 0.2) is 5.57 Å². The van der Waals surface area contributed by atoms with E-state index in [0.717, 1.165) is 6.20 Å². The van der Waals surface area contributed by atoms with E-state index in [9.17, 15) is 14.4 Å². The summed E-state index contributed by atoms with van der Waals surface area (Å²) < 4.78 is 5.34. The Kier molecular flexibility index (Phi) is 4.38. The highest BCUT2D eigenvalue weighted by atomic mass is 16.5. The molecule has 1 aromatic heterocycles. The lowest BCUT2D eigenvalue weighted by Crippen LogP contribution is -2.39. The van der Waals surface area contributed by atoms with Gasteiger partial charge in [0.1, 0.15) is 6.07 Å². The number of ether oxygens (including phenoxy) is 1. The number of carbonyl (C=O) groups is 1. The van der Waals surface area contributed by atoms with Gasteiger partial charge < -0.3 is 9.72 Å². The Bertz CT molecular complexity index is 901. The number of H-pyrrole nitrogens is 1. The molecular formula is C14H12N4O4. The highest BCUT2D eigenvalue weighted by Crippen LogP contribution is 2.02. The van der Waals surface area contributed by atoms with E-state index in [1.807, 2.05) is 0 Å². The lowest BCUT2D eigenvalue weighted by Gasteiger charge is -2.06. The van der Waals surface area contributed by atoms with Crippen LogP contribution in [0.3, 0.4) is 0 Å². The van der Waals surface area contributed by atoms with E-state index in [1.165, 1.54) is 0 Å². The van der Waals surface area contributed by atoms with Crippen molar-refractivity contribution in [3.8, 4) is 6.07 Å². The highest BCUT2D eigenvalue weighted by Gasteiger charge is 2.11. The number of fused-ring (bicyclic) bond motifs is 1. The molecule has 112 valence electrons. The van der Waals surface area contributed by atoms with Crippen LogP contribution in [0.15, 0.2) is 45.6 Å². The Hall–Kier alpha value is -3.34. The van der Waals surface area contributed by atoms with Crippen LogP contribution in [-0.2, 0) is 9.53 Å². The smallest absolute Gasteiger partial charge is 0.350 e. The Morgan fingerprint density at radius 2 is 2.18 bits per heavy atom. The standard InChI is InChI=1S/C14H12N4O4/c1-2-22-13(20)9(7-15)8-16-18-12(19)10-5-3-4-6-11(10)17-14(18)21/h3-6,8,16H,2H2,1H3,(H,17,21)/b9-8+. The molecule has 2 aromatic rings. The topological polar surface area (TPSA) is 117 Å². The van der Waals surface area contributed by atoms with Crippen molar-refractivity contribution in [2.45, 2.75) is 6.92 Å². The molecule has 22 heavy (non-hydrogen) atoms. The van der Waals surface area contributed by atoms with Gasteiger partial charge in [-0.15, -0.1) is 0 Å². The third-order valence-corrected chi connectivity index (χ3v) is 2.76. The second kappa shape index (κ2) is 6.41. The molecule has 8 nitrogen and oxygen atoms in total. The number of aromatic nitrogens is 2. The first-order valence-electron chi connectivity index (χ1n) is 6.36. The van der Waals surface area contributed by atoms with Crippen LogP contribution in [0.1, 0.15) is 6.92 Å². The normalized spacial score (nSPS) is 11.0. The van der Waals surface area contributed by atoms with Crippen molar-refractivity contribution < 1.29 is 9.53 Å². The molecular weight excluding hydrogens is 288 g/mol. The van der Waals surface area contributed by atoms with Crippen molar-refractivity contribution >= 4 is 16.9 Å². The van der Waals surface area contributed by atoms with Gasteiger partial charge in [-0.1, -0.05) is 12.1 Å². The van der Waals surface area contributed by atoms with Crippen LogP contribution in [0.4, 0.5) is 0 Å². The molecule has 1 heterocycles. The quantitative estimate of drug-likeness (QED) is 0.473. The SMILES string of the molecule is CCOC(=O)/C(C#N)=C/Nn1c(=O)[nH]c2ccccc2c1=O. The molecule has 0 aliphatic rings. The summed E-state index contributed by atoms with van der Waals surface area (Å²) in [6.45, 7) is 1.70. The maximum atomic E-state index is 12.2. The van der Waals surface area contributed by atoms with Crippen LogP contribution < -0.4 is 16.7 Å². The van der Waals surface area contributed by atoms with Crippen LogP contribution in [0.5, 0.6) is 0 Å². The summed E-state index contributed by atoms with van der Waals surface area (Å²) in [6.07, 6.45) is 0.948. The number of carbonyl (C=O) groups excluding carboxylic acids is 1. The van der Waals surface area contributed by atoms with E-state index in [4.69, 9.17) is 5.26 Å². The van der Waals surface area contributed by atoms with Gasteiger partial charge in [0.2, 0.25) is 0 Å². The Balaban J connectivity index is 2.44. The number of benzene rings is 1. The van der Waals surface area contributed by atoms with Crippen molar-refractivity contribution in [3.05, 3.63) is 56.9 Å². The van der Waals surface area contributed by atoms with Crippen LogP contribution in [0, 0.1) is 11.3 Å². The molecule has 0 saturated carbocycles. The van der Waals surface area contributed by atoms with Gasteiger partial charge in [-0.2, -0.15) is 9.94 Å². The lowest BCUT2D eigenvalue weighted by atomic mass is 10.2. The van der Waals surface area contributed by atoms with Gasteiger partial charge in [0.25, 0.3) is 5.56 Å². The molecule has 0 fully saturated rings. The molecule has 1 aromatic carbocycles. The summed E-state index contributed by atoms with van der Waals surface area (Å²) in [5.74, 6) is -0.845. The number of esters is 1. The molecule has 2 N–H and O–H groups in total. The van der Waals surface area contributed by atoms with E-state index >= 15 is 0 Å². The average molecular weight is 300 g/mol. The number of nitrogens with one attached hydrogen (secondary N) is 2. The van der Waals surface area contributed by atoms with Crippen LogP contribution in [0.25, 0.3) is 10.9 Å². The second-order valence-corrected chi connectivity index (χ2v) is 4.14. The number of rotatable bonds is 4. The molecule has 0 radical (unpaired) electrons. The van der Waals surface area contributed by atoms with Crippen LogP contribution >= 0.6 is 0 Å². The minimum Gasteiger partial charge on any atom is -0.462 e. The summed E-state index contributed by atoms with van der Waals surface area (Å²) in [7, 11) is 0. The first kappa shape index (κ1) is 15.1. The molecule has 0 spiro atoms. The van der Waals surface area contributed by atoms with Crippen molar-refractivity contribution in [1.82, 2.24) is 9.66 Å². The molecule has 2 rings (SSSR count). The van der Waals surface area contributed by atoms with Gasteiger partial charge in [-0.25, -0.2) is 9.59 Å². The minimum absolute atomic E-state index is 0.106. The fourth-order valence-electron chi connectivity index (χ4n) is 1.75. The molecule has 0 aliphatic carbocycles. The molecule has 0 amide bonds. The minimum atomic E-state index is -0.845. The molecule has 0 saturated heterocycles. The summed E-state index contributed by atoms with van der Waals surface area (Å²) in [4.78, 5) is 38.0. The zero-order chi connectivity index (χ0) is 16.1. The van der Waals surface area contributed by atoms with Crippen LogP contribution in [-0.4, -0.2) is 22.2 Å². The number of hydrogen-bond acceptors (Lipinski definition) is 6. The van der Waals surface area contributed by atoms with E-state index in [-0.39, 0.29) is 17.6 Å². The Morgan fingerprint density at radius 1 is 1.45 bits per heavy atom. The average Bonchev–Trinajstić information content (AvgIpc) is 2.51. The zero-order valence-corrected chi connectivity index (χ0v) is 11.6. The summed E-state index contributed by atoms with van der Waals surface area (Å²) in [5.41, 5.74) is 1.05. The second-order valence-electron chi connectivity index (χ2n) is 4.14. The summed E-state index contributed by atoms with van der Waals surface area (Å²) in [6, 6.07) is 8.11. The number of hydrogen-bond donors (Lipinski definition) is 2. The third kappa shape index (κ3) is 2.88. The summed E-state index contributed by atoms with van der Waals surface area (Å²) >= 11 is 0. The lowest BCUT2D eigenvalue weighted by molar-refractivity contribution is -0.138. The number of para-hydroxylation sites is 1. The van der Waals surface area contributed by atoms with E-state index in [1.54, 1.807) is 37.3 Å². The highest BCUT2D eigenvalue weighted by molar-refractivity contribution is 5.92. The maximum Gasteiger partial charge on any atom is 0.350 e. The largest absolute Gasteiger partial charge is 0.462 e. The number of aromatic amines is 1. The molecule has 0 atom stereocenters. The first-order chi connectivity index (χ1) is 10.6. The third-order valence-electron chi connectivity index (χ3n) is 2.76. The summed E-state index contributed by atoms with van der Waals surface area (Å²) in [5, 5.41) is 9.17. The first-order valence-corrected chi connectivity index (χ1v) is 6.36. The van der Waals surface area contributed by atoms with Gasteiger partial charge in [0.05, 0.1) is 17.5 Å². The molecule has 0 aliphatic heterocycles. The van der Waals surface area contributed by atoms with Gasteiger partial charge >= 0.3 is 11.7 Å². The van der Waals surface area contributed by atoms with E-state index in [2.05, 4.69) is 15.1 Å². The van der Waals surface area contributed by atoms with Gasteiger partial charge in [-0.3, -0.25) is 10.2 Å². The fraction of sp³-hybridized carbons (Fsp3) is 0.143. The number of nitriles is 1. The van der Waals surface area contributed by atoms with Crippen molar-refractivity contribution in [1.29, 1.82) is 5.26 Å². The number of nitrogens with zero attached hydrogens (tertiary/aromatic N) is 2. The molecule has 0 unspecified atom stereocenters. The van der Waals surface area contributed by atoms with Crippen molar-refractivity contribution in [2.24, 2.45) is 0 Å². The molecule has 0 bridgehead atoms. The predicted octanol–water partition coefficient (Wildman–Crippen LogP) is 0.204. The van der Waals surface area contributed by atoms with Gasteiger partial charge in [-0.05, 0) is 19.1 Å². The monoisotopic (exact) mass is 300 g/mol. The van der Waals surface area contributed by atoms with E-state index in [0.29, 0.717) is 10.2 Å². The van der Waals surface area contributed by atoms with E-state index < -0.39 is 17.2 Å². The van der Waals surface area contributed by atoms with Crippen molar-refractivity contribution in [2.75, 3.05) is 12.0 Å². The zero-order valence-electron chi connectivity index (χ0n) is 11.6. The van der Waals surface area contributed by atoms with Crippen molar-refractivity contribution in [3.63, 3.8) is 0 Å². The maximum absolute atomic E-state index is 12.2. The van der Waals surface area contributed by atoms with Crippen LogP contribution in [0.2, 0.25) is 0 Å². The fourth-order valence-corrected chi connectivity index (χ4v) is 1.75. The molecule has 8 heteroatoms. The predicted molar refractivity (Wildman–Crippen MR) is 78.5 cm³/mol.